The van der Waals surface area contributed by atoms with Gasteiger partial charge in [-0.15, -0.1) is 11.3 Å². The molecule has 0 bridgehead atoms. The summed E-state index contributed by atoms with van der Waals surface area (Å²) in [7, 11) is 0. The van der Waals surface area contributed by atoms with Gasteiger partial charge in [0.05, 0.1) is 10.6 Å². The van der Waals surface area contributed by atoms with E-state index in [1.54, 1.807) is 23.2 Å². The Hall–Kier alpha value is -2.41. The Morgan fingerprint density at radius 2 is 2.04 bits per heavy atom. The van der Waals surface area contributed by atoms with Gasteiger partial charge >= 0.3 is 6.09 Å². The van der Waals surface area contributed by atoms with Crippen molar-refractivity contribution in [2.75, 3.05) is 13.1 Å². The van der Waals surface area contributed by atoms with Gasteiger partial charge in [-0.2, -0.15) is 0 Å². The second-order valence-electron chi connectivity index (χ2n) is 7.18. The smallest absolute Gasteiger partial charge is 0.408 e. The number of ether oxygens (including phenoxy) is 1. The number of aromatic nitrogens is 1. The van der Waals surface area contributed by atoms with E-state index in [4.69, 9.17) is 4.74 Å². The first-order valence-electron chi connectivity index (χ1n) is 9.73. The quantitative estimate of drug-likeness (QED) is 0.816. The first-order chi connectivity index (χ1) is 13.5. The molecule has 6 nitrogen and oxygen atoms in total. The summed E-state index contributed by atoms with van der Waals surface area (Å²) >= 11 is 1.51. The summed E-state index contributed by atoms with van der Waals surface area (Å²) in [5.41, 5.74) is 0.698. The van der Waals surface area contributed by atoms with E-state index in [1.165, 1.54) is 11.3 Å². The highest BCUT2D eigenvalue weighted by molar-refractivity contribution is 7.13. The summed E-state index contributed by atoms with van der Waals surface area (Å²) in [4.78, 5) is 32.7. The third-order valence-electron chi connectivity index (χ3n) is 5.24. The summed E-state index contributed by atoms with van der Waals surface area (Å²) < 4.78 is 5.49. The van der Waals surface area contributed by atoms with Crippen LogP contribution < -0.4 is 10.1 Å². The topological polar surface area (TPSA) is 71.5 Å². The van der Waals surface area contributed by atoms with Crippen molar-refractivity contribution in [2.24, 2.45) is 5.92 Å². The van der Waals surface area contributed by atoms with E-state index in [-0.39, 0.29) is 18.0 Å². The van der Waals surface area contributed by atoms with Crippen LogP contribution in [0.3, 0.4) is 0 Å². The largest absolute Gasteiger partial charge is 0.415 e. The van der Waals surface area contributed by atoms with Gasteiger partial charge in [-0.3, -0.25) is 9.78 Å². The zero-order valence-electron chi connectivity index (χ0n) is 16.6. The minimum Gasteiger partial charge on any atom is -0.408 e. The molecule has 2 amide bonds. The Kier molecular flexibility index (Phi) is 6.67. The van der Waals surface area contributed by atoms with Gasteiger partial charge in [-0.25, -0.2) is 4.79 Å². The van der Waals surface area contributed by atoms with E-state index in [1.807, 2.05) is 26.0 Å². The lowest BCUT2D eigenvalue weighted by molar-refractivity contribution is 0.0886. The Labute approximate surface area is 169 Å². The third-order valence-corrected chi connectivity index (χ3v) is 6.24. The third kappa shape index (κ3) is 4.90. The summed E-state index contributed by atoms with van der Waals surface area (Å²) in [6, 6.07) is 7.47. The first kappa shape index (κ1) is 20.3. The molecule has 28 heavy (non-hydrogen) atoms. The molecule has 150 valence electrons. The van der Waals surface area contributed by atoms with Gasteiger partial charge in [0.1, 0.15) is 0 Å². The Morgan fingerprint density at radius 3 is 2.64 bits per heavy atom. The molecule has 7 heteroatoms. The number of thiophene rings is 1. The van der Waals surface area contributed by atoms with Crippen molar-refractivity contribution in [1.29, 1.82) is 0 Å². The monoisotopic (exact) mass is 401 g/mol. The minimum absolute atomic E-state index is 0.00107. The summed E-state index contributed by atoms with van der Waals surface area (Å²) in [5.74, 6) is 0.859. The molecule has 0 aliphatic carbocycles. The van der Waals surface area contributed by atoms with E-state index in [0.717, 1.165) is 29.0 Å². The molecule has 0 unspecified atom stereocenters. The number of carbonyl (C=O) groups excluding carboxylic acids is 2. The van der Waals surface area contributed by atoms with Crippen molar-refractivity contribution in [1.82, 2.24) is 15.2 Å². The molecule has 0 saturated carbocycles. The van der Waals surface area contributed by atoms with Crippen LogP contribution in [0.1, 0.15) is 46.4 Å². The normalized spacial score (nSPS) is 15.9. The summed E-state index contributed by atoms with van der Waals surface area (Å²) in [6.07, 6.45) is 3.92. The van der Waals surface area contributed by atoms with Crippen molar-refractivity contribution in [2.45, 2.75) is 46.1 Å². The van der Waals surface area contributed by atoms with Crippen LogP contribution in [0.5, 0.6) is 5.75 Å². The SMILES string of the molecule is CC[C@@H](NC(=O)c1ccc(C)s1)C1CCN(C(=O)Oc2cccnc2C)CC1. The molecule has 0 spiro atoms. The van der Waals surface area contributed by atoms with Gasteiger partial charge in [0.25, 0.3) is 5.91 Å². The second kappa shape index (κ2) is 9.19. The van der Waals surface area contributed by atoms with Crippen LogP contribution in [0.15, 0.2) is 30.5 Å². The molecular formula is C21H27N3O3S. The Balaban J connectivity index is 1.52. The molecule has 1 aliphatic heterocycles. The van der Waals surface area contributed by atoms with Crippen LogP contribution in [-0.4, -0.2) is 41.0 Å². The number of rotatable bonds is 5. The molecule has 1 saturated heterocycles. The number of nitrogens with one attached hydrogen (secondary N) is 1. The molecule has 0 aromatic carbocycles. The maximum atomic E-state index is 12.5. The van der Waals surface area contributed by atoms with Gasteiger partial charge in [0.15, 0.2) is 5.75 Å². The number of aryl methyl sites for hydroxylation is 2. The fourth-order valence-corrected chi connectivity index (χ4v) is 4.34. The van der Waals surface area contributed by atoms with Gasteiger partial charge in [0.2, 0.25) is 0 Å². The number of nitrogens with zero attached hydrogens (tertiary/aromatic N) is 2. The van der Waals surface area contributed by atoms with Gasteiger partial charge in [0, 0.05) is 30.2 Å². The highest BCUT2D eigenvalue weighted by Crippen LogP contribution is 2.25. The number of pyridine rings is 1. The predicted octanol–water partition coefficient (Wildman–Crippen LogP) is 4.18. The lowest BCUT2D eigenvalue weighted by atomic mass is 9.88. The van der Waals surface area contributed by atoms with E-state index >= 15 is 0 Å². The molecule has 3 rings (SSSR count). The molecule has 3 heterocycles. The van der Waals surface area contributed by atoms with Crippen molar-refractivity contribution in [3.63, 3.8) is 0 Å². The molecule has 1 N–H and O–H groups in total. The van der Waals surface area contributed by atoms with Crippen LogP contribution in [0.2, 0.25) is 0 Å². The minimum atomic E-state index is -0.333. The van der Waals surface area contributed by atoms with E-state index in [9.17, 15) is 9.59 Å². The molecule has 2 aromatic heterocycles. The number of amides is 2. The maximum Gasteiger partial charge on any atom is 0.415 e. The molecule has 1 aliphatic rings. The van der Waals surface area contributed by atoms with E-state index < -0.39 is 0 Å². The van der Waals surface area contributed by atoms with Crippen molar-refractivity contribution in [3.05, 3.63) is 45.9 Å². The van der Waals surface area contributed by atoms with E-state index in [0.29, 0.717) is 30.5 Å². The number of hydrogen-bond donors (Lipinski definition) is 1. The summed E-state index contributed by atoms with van der Waals surface area (Å²) in [5, 5.41) is 3.19. The van der Waals surface area contributed by atoms with Gasteiger partial charge in [-0.1, -0.05) is 6.92 Å². The standard InChI is InChI=1S/C21H27N3O3S/c1-4-17(23-20(25)19-8-7-14(2)28-19)16-9-12-24(13-10-16)21(26)27-18-6-5-11-22-15(18)3/h5-8,11,16-17H,4,9-10,12-13H2,1-3H3,(H,23,25)/t17-/m1/s1. The van der Waals surface area contributed by atoms with Crippen LogP contribution >= 0.6 is 11.3 Å². The van der Waals surface area contributed by atoms with Gasteiger partial charge < -0.3 is 15.0 Å². The average Bonchev–Trinajstić information content (AvgIpc) is 3.14. The van der Waals surface area contributed by atoms with Crippen molar-refractivity contribution in [3.8, 4) is 5.75 Å². The molecule has 1 fully saturated rings. The Bertz CT molecular complexity index is 828. The highest BCUT2D eigenvalue weighted by Gasteiger charge is 2.30. The lowest BCUT2D eigenvalue weighted by Gasteiger charge is -2.35. The van der Waals surface area contributed by atoms with Gasteiger partial charge in [-0.05, 0) is 63.3 Å². The number of likely N-dealkylation sites (tertiary alicyclic amines) is 1. The highest BCUT2D eigenvalue weighted by atomic mass is 32.1. The fraction of sp³-hybridized carbons (Fsp3) is 0.476. The predicted molar refractivity (Wildman–Crippen MR) is 110 cm³/mol. The number of carbonyl (C=O) groups is 2. The van der Waals surface area contributed by atoms with Crippen LogP contribution in [0.4, 0.5) is 4.79 Å². The number of piperidine rings is 1. The van der Waals surface area contributed by atoms with Crippen molar-refractivity contribution >= 4 is 23.3 Å². The second-order valence-corrected chi connectivity index (χ2v) is 8.47. The molecular weight excluding hydrogens is 374 g/mol. The lowest BCUT2D eigenvalue weighted by Crippen LogP contribution is -2.47. The molecule has 2 aromatic rings. The van der Waals surface area contributed by atoms with Crippen LogP contribution in [0.25, 0.3) is 0 Å². The van der Waals surface area contributed by atoms with Crippen LogP contribution in [0, 0.1) is 19.8 Å². The molecule has 1 atom stereocenters. The molecule has 0 radical (unpaired) electrons. The van der Waals surface area contributed by atoms with Crippen LogP contribution in [-0.2, 0) is 0 Å². The Morgan fingerprint density at radius 1 is 1.29 bits per heavy atom. The van der Waals surface area contributed by atoms with Crippen molar-refractivity contribution < 1.29 is 14.3 Å². The zero-order chi connectivity index (χ0) is 20.1. The maximum absolute atomic E-state index is 12.5. The average molecular weight is 402 g/mol. The summed E-state index contributed by atoms with van der Waals surface area (Å²) in [6.45, 7) is 7.18. The first-order valence-corrected chi connectivity index (χ1v) is 10.5. The zero-order valence-corrected chi connectivity index (χ0v) is 17.4. The fourth-order valence-electron chi connectivity index (χ4n) is 3.57. The number of hydrogen-bond acceptors (Lipinski definition) is 5. The van der Waals surface area contributed by atoms with E-state index in [2.05, 4.69) is 17.2 Å².